The highest BCUT2D eigenvalue weighted by atomic mass is 35.5. The van der Waals surface area contributed by atoms with Crippen LogP contribution in [-0.4, -0.2) is 28.7 Å². The molecule has 1 aliphatic heterocycles. The topological polar surface area (TPSA) is 47.0 Å². The molecule has 92 valence electrons. The van der Waals surface area contributed by atoms with Crippen LogP contribution in [0.2, 0.25) is 5.15 Å². The Morgan fingerprint density at radius 2 is 2.29 bits per heavy atom. The fourth-order valence-corrected chi connectivity index (χ4v) is 2.29. The van der Waals surface area contributed by atoms with Crippen molar-refractivity contribution in [3.05, 3.63) is 17.0 Å². The van der Waals surface area contributed by atoms with Crippen molar-refractivity contribution in [2.45, 2.75) is 37.6 Å². The summed E-state index contributed by atoms with van der Waals surface area (Å²) in [5.41, 5.74) is -0.0293. The van der Waals surface area contributed by atoms with Gasteiger partial charge < -0.3 is 10.1 Å². The number of ether oxygens (including phenoxy) is 1. The maximum absolute atomic E-state index is 6.03. The average molecular weight is 254 g/mol. The van der Waals surface area contributed by atoms with Gasteiger partial charge in [-0.05, 0) is 26.2 Å². The van der Waals surface area contributed by atoms with Gasteiger partial charge in [0.25, 0.3) is 0 Å². The zero-order valence-corrected chi connectivity index (χ0v) is 10.6. The van der Waals surface area contributed by atoms with Crippen molar-refractivity contribution in [1.29, 1.82) is 0 Å². The third-order valence-corrected chi connectivity index (χ3v) is 3.50. The molecule has 3 rings (SSSR count). The number of anilines is 1. The van der Waals surface area contributed by atoms with Gasteiger partial charge in [0.1, 0.15) is 16.8 Å². The Kier molecular flexibility index (Phi) is 2.71. The van der Waals surface area contributed by atoms with E-state index in [1.807, 2.05) is 0 Å². The van der Waals surface area contributed by atoms with E-state index < -0.39 is 0 Å². The Morgan fingerprint density at radius 3 is 2.94 bits per heavy atom. The van der Waals surface area contributed by atoms with Gasteiger partial charge in [-0.25, -0.2) is 9.97 Å². The van der Waals surface area contributed by atoms with Crippen molar-refractivity contribution in [3.8, 4) is 0 Å². The summed E-state index contributed by atoms with van der Waals surface area (Å²) in [5.74, 6) is 2.21. The first-order valence-electron chi connectivity index (χ1n) is 6.05. The minimum Gasteiger partial charge on any atom is -0.379 e. The highest BCUT2D eigenvalue weighted by Gasteiger charge is 2.31. The van der Waals surface area contributed by atoms with E-state index in [1.165, 1.54) is 12.8 Å². The molecule has 2 heterocycles. The van der Waals surface area contributed by atoms with Crippen molar-refractivity contribution in [2.24, 2.45) is 0 Å². The largest absolute Gasteiger partial charge is 0.379 e. The van der Waals surface area contributed by atoms with Crippen molar-refractivity contribution in [3.63, 3.8) is 0 Å². The molecule has 1 unspecified atom stereocenters. The van der Waals surface area contributed by atoms with E-state index in [2.05, 4.69) is 22.2 Å². The molecule has 2 aliphatic rings. The predicted octanol–water partition coefficient (Wildman–Crippen LogP) is 2.60. The van der Waals surface area contributed by atoms with Gasteiger partial charge in [0, 0.05) is 18.6 Å². The summed E-state index contributed by atoms with van der Waals surface area (Å²) in [6.07, 6.45) is 3.35. The molecule has 1 saturated heterocycles. The third-order valence-electron chi connectivity index (χ3n) is 3.30. The van der Waals surface area contributed by atoms with Crippen molar-refractivity contribution >= 4 is 17.4 Å². The SMILES string of the molecule is CC1(Nc2cc(Cl)nc(C3CC3)n2)CCOC1. The second-order valence-electron chi connectivity index (χ2n) is 5.20. The van der Waals surface area contributed by atoms with Crippen molar-refractivity contribution in [1.82, 2.24) is 9.97 Å². The van der Waals surface area contributed by atoms with Crippen LogP contribution in [0.4, 0.5) is 5.82 Å². The molecular weight excluding hydrogens is 238 g/mol. The number of aromatic nitrogens is 2. The highest BCUT2D eigenvalue weighted by Crippen LogP contribution is 2.39. The summed E-state index contributed by atoms with van der Waals surface area (Å²) in [4.78, 5) is 8.82. The van der Waals surface area contributed by atoms with Crippen LogP contribution < -0.4 is 5.32 Å². The quantitative estimate of drug-likeness (QED) is 0.842. The molecule has 4 nitrogen and oxygen atoms in total. The monoisotopic (exact) mass is 253 g/mol. The summed E-state index contributed by atoms with van der Waals surface area (Å²) in [6, 6.07) is 1.79. The molecule has 0 spiro atoms. The van der Waals surface area contributed by atoms with Gasteiger partial charge in [0.05, 0.1) is 12.1 Å². The number of nitrogens with zero attached hydrogens (tertiary/aromatic N) is 2. The molecule has 0 amide bonds. The van der Waals surface area contributed by atoms with E-state index in [1.54, 1.807) is 6.07 Å². The maximum Gasteiger partial charge on any atom is 0.135 e. The van der Waals surface area contributed by atoms with Gasteiger partial charge in [0.15, 0.2) is 0 Å². The van der Waals surface area contributed by atoms with E-state index in [0.29, 0.717) is 17.7 Å². The highest BCUT2D eigenvalue weighted by molar-refractivity contribution is 6.29. The number of nitrogens with one attached hydrogen (secondary N) is 1. The second kappa shape index (κ2) is 4.10. The molecular formula is C12H16ClN3O. The van der Waals surface area contributed by atoms with Crippen LogP contribution in [0, 0.1) is 0 Å². The number of hydrogen-bond donors (Lipinski definition) is 1. The first-order chi connectivity index (χ1) is 8.15. The fourth-order valence-electron chi connectivity index (χ4n) is 2.10. The predicted molar refractivity (Wildman–Crippen MR) is 66.5 cm³/mol. The molecule has 0 aromatic carbocycles. The van der Waals surface area contributed by atoms with Crippen LogP contribution in [0.5, 0.6) is 0 Å². The number of halogens is 1. The van der Waals surface area contributed by atoms with E-state index in [-0.39, 0.29) is 5.54 Å². The van der Waals surface area contributed by atoms with Crippen molar-refractivity contribution in [2.75, 3.05) is 18.5 Å². The maximum atomic E-state index is 6.03. The van der Waals surface area contributed by atoms with Crippen LogP contribution in [0.3, 0.4) is 0 Å². The van der Waals surface area contributed by atoms with Gasteiger partial charge >= 0.3 is 0 Å². The Labute approximate surface area is 106 Å². The first-order valence-corrected chi connectivity index (χ1v) is 6.43. The molecule has 0 radical (unpaired) electrons. The second-order valence-corrected chi connectivity index (χ2v) is 5.58. The molecule has 17 heavy (non-hydrogen) atoms. The molecule has 5 heteroatoms. The molecule has 1 aromatic heterocycles. The van der Waals surface area contributed by atoms with Crippen LogP contribution in [-0.2, 0) is 4.74 Å². The lowest BCUT2D eigenvalue weighted by atomic mass is 10.0. The molecule has 1 aliphatic carbocycles. The molecule has 0 bridgehead atoms. The Balaban J connectivity index is 1.81. The van der Waals surface area contributed by atoms with Crippen LogP contribution in [0.15, 0.2) is 6.07 Å². The molecule has 1 saturated carbocycles. The van der Waals surface area contributed by atoms with Crippen LogP contribution in [0.1, 0.15) is 37.9 Å². The van der Waals surface area contributed by atoms with E-state index in [0.717, 1.165) is 24.7 Å². The Morgan fingerprint density at radius 1 is 1.47 bits per heavy atom. The van der Waals surface area contributed by atoms with Crippen LogP contribution >= 0.6 is 11.6 Å². The number of rotatable bonds is 3. The van der Waals surface area contributed by atoms with E-state index in [4.69, 9.17) is 16.3 Å². The Hall–Kier alpha value is -0.870. The lowest BCUT2D eigenvalue weighted by Crippen LogP contribution is -2.35. The minimum atomic E-state index is -0.0293. The van der Waals surface area contributed by atoms with Gasteiger partial charge in [-0.15, -0.1) is 0 Å². The van der Waals surface area contributed by atoms with E-state index >= 15 is 0 Å². The zero-order valence-electron chi connectivity index (χ0n) is 9.87. The smallest absolute Gasteiger partial charge is 0.135 e. The first kappa shape index (κ1) is 11.2. The molecule has 1 atom stereocenters. The van der Waals surface area contributed by atoms with Gasteiger partial charge in [-0.1, -0.05) is 11.6 Å². The summed E-state index contributed by atoms with van der Waals surface area (Å²) in [6.45, 7) is 3.66. The summed E-state index contributed by atoms with van der Waals surface area (Å²) < 4.78 is 5.41. The van der Waals surface area contributed by atoms with Crippen LogP contribution in [0.25, 0.3) is 0 Å². The van der Waals surface area contributed by atoms with Gasteiger partial charge in [-0.3, -0.25) is 0 Å². The molecule has 1 aromatic rings. The van der Waals surface area contributed by atoms with Gasteiger partial charge in [0.2, 0.25) is 0 Å². The molecule has 2 fully saturated rings. The zero-order chi connectivity index (χ0) is 11.9. The summed E-state index contributed by atoms with van der Waals surface area (Å²) in [5, 5.41) is 3.94. The normalized spacial score (nSPS) is 28.4. The van der Waals surface area contributed by atoms with Gasteiger partial charge in [-0.2, -0.15) is 0 Å². The summed E-state index contributed by atoms with van der Waals surface area (Å²) >= 11 is 6.03. The number of hydrogen-bond acceptors (Lipinski definition) is 4. The Bertz CT molecular complexity index is 428. The minimum absolute atomic E-state index is 0.0293. The summed E-state index contributed by atoms with van der Waals surface area (Å²) in [7, 11) is 0. The van der Waals surface area contributed by atoms with Crippen molar-refractivity contribution < 1.29 is 4.74 Å². The molecule has 1 N–H and O–H groups in total. The average Bonchev–Trinajstić information content (AvgIpc) is 3.02. The lowest BCUT2D eigenvalue weighted by Gasteiger charge is -2.24. The van der Waals surface area contributed by atoms with E-state index in [9.17, 15) is 0 Å². The third kappa shape index (κ3) is 2.53. The standard InChI is InChI=1S/C12H16ClN3O/c1-12(4-5-17-7-12)16-10-6-9(13)14-11(15-10)8-2-3-8/h6,8H,2-5,7H2,1H3,(H,14,15,16). The fraction of sp³-hybridized carbons (Fsp3) is 0.667. The lowest BCUT2D eigenvalue weighted by molar-refractivity contribution is 0.185.